The minimum Gasteiger partial charge on any atom is -0.334 e. The molecule has 116 valence electrons. The molecule has 4 heterocycles. The smallest absolute Gasteiger partial charge is 0.225 e. The Hall–Kier alpha value is -1.95. The molecule has 2 aliphatic rings. The van der Waals surface area contributed by atoms with Gasteiger partial charge in [0.2, 0.25) is 5.95 Å². The maximum Gasteiger partial charge on any atom is 0.225 e. The predicted octanol–water partition coefficient (Wildman–Crippen LogP) is 1.37. The molecular weight excluding hydrogens is 276 g/mol. The van der Waals surface area contributed by atoms with E-state index in [9.17, 15) is 0 Å². The van der Waals surface area contributed by atoms with Crippen molar-refractivity contribution in [3.05, 3.63) is 35.9 Å². The summed E-state index contributed by atoms with van der Waals surface area (Å²) in [5, 5.41) is 4.45. The van der Waals surface area contributed by atoms with Crippen LogP contribution in [0, 0.1) is 6.92 Å². The molecule has 1 spiro atoms. The maximum atomic E-state index is 4.45. The Labute approximate surface area is 130 Å². The van der Waals surface area contributed by atoms with Gasteiger partial charge >= 0.3 is 0 Å². The predicted molar refractivity (Wildman–Crippen MR) is 84.6 cm³/mol. The molecule has 0 N–H and O–H groups in total. The van der Waals surface area contributed by atoms with E-state index < -0.39 is 0 Å². The minimum atomic E-state index is 0.245. The third kappa shape index (κ3) is 2.18. The van der Waals surface area contributed by atoms with E-state index in [1.54, 1.807) is 0 Å². The van der Waals surface area contributed by atoms with E-state index in [2.05, 4.69) is 37.9 Å². The van der Waals surface area contributed by atoms with Crippen molar-refractivity contribution in [3.63, 3.8) is 0 Å². The second kappa shape index (κ2) is 5.05. The first-order valence-corrected chi connectivity index (χ1v) is 7.93. The molecule has 2 aromatic heterocycles. The van der Waals surface area contributed by atoms with Gasteiger partial charge in [0.25, 0.3) is 0 Å². The van der Waals surface area contributed by atoms with Crippen LogP contribution in [0.5, 0.6) is 0 Å². The van der Waals surface area contributed by atoms with E-state index in [0.717, 1.165) is 37.8 Å². The highest BCUT2D eigenvalue weighted by Crippen LogP contribution is 2.41. The highest BCUT2D eigenvalue weighted by atomic mass is 15.4. The highest BCUT2D eigenvalue weighted by Gasteiger charge is 2.50. The van der Waals surface area contributed by atoms with Crippen LogP contribution in [0.4, 0.5) is 5.95 Å². The lowest BCUT2D eigenvalue weighted by Gasteiger charge is -2.50. The first kappa shape index (κ1) is 13.7. The molecule has 0 aromatic carbocycles. The van der Waals surface area contributed by atoms with Crippen LogP contribution in [0.1, 0.15) is 24.2 Å². The topological polar surface area (TPSA) is 50.1 Å². The normalized spacial score (nSPS) is 24.9. The van der Waals surface area contributed by atoms with E-state index in [0.29, 0.717) is 0 Å². The lowest BCUT2D eigenvalue weighted by molar-refractivity contribution is 0.240. The first-order chi connectivity index (χ1) is 10.7. The van der Waals surface area contributed by atoms with Crippen molar-refractivity contribution in [2.45, 2.75) is 31.8 Å². The fourth-order valence-electron chi connectivity index (χ4n) is 3.82. The van der Waals surface area contributed by atoms with E-state index in [-0.39, 0.29) is 5.54 Å². The van der Waals surface area contributed by atoms with Crippen molar-refractivity contribution in [1.29, 1.82) is 0 Å². The van der Waals surface area contributed by atoms with Crippen LogP contribution in [0.3, 0.4) is 0 Å². The summed E-state index contributed by atoms with van der Waals surface area (Å²) in [5.74, 6) is 0.881. The van der Waals surface area contributed by atoms with Gasteiger partial charge in [0.1, 0.15) is 0 Å². The molecule has 0 aliphatic carbocycles. The summed E-state index contributed by atoms with van der Waals surface area (Å²) in [7, 11) is 2.03. The zero-order valence-electron chi connectivity index (χ0n) is 13.2. The Morgan fingerprint density at radius 1 is 1.18 bits per heavy atom. The molecule has 0 amide bonds. The Bertz CT molecular complexity index is 667. The summed E-state index contributed by atoms with van der Waals surface area (Å²) in [6, 6.07) is 4.06. The largest absolute Gasteiger partial charge is 0.334 e. The van der Waals surface area contributed by atoms with Crippen molar-refractivity contribution in [2.75, 3.05) is 24.5 Å². The molecule has 0 radical (unpaired) electrons. The molecular formula is C16H22N6. The van der Waals surface area contributed by atoms with Crippen molar-refractivity contribution in [3.8, 4) is 0 Å². The quantitative estimate of drug-likeness (QED) is 0.856. The third-order valence-corrected chi connectivity index (χ3v) is 5.06. The van der Waals surface area contributed by atoms with Gasteiger partial charge in [-0.05, 0) is 31.9 Å². The lowest BCUT2D eigenvalue weighted by Crippen LogP contribution is -2.62. The first-order valence-electron chi connectivity index (χ1n) is 7.93. The van der Waals surface area contributed by atoms with E-state index in [1.807, 2.05) is 30.2 Å². The van der Waals surface area contributed by atoms with Gasteiger partial charge in [-0.3, -0.25) is 9.58 Å². The van der Waals surface area contributed by atoms with E-state index in [4.69, 9.17) is 0 Å². The molecule has 2 saturated heterocycles. The molecule has 2 aliphatic heterocycles. The van der Waals surface area contributed by atoms with Crippen LogP contribution in [0.25, 0.3) is 0 Å². The maximum absolute atomic E-state index is 4.45. The molecule has 0 bridgehead atoms. The molecule has 2 aromatic rings. The van der Waals surface area contributed by atoms with Crippen LogP contribution in [-0.2, 0) is 13.6 Å². The van der Waals surface area contributed by atoms with Crippen LogP contribution in [-0.4, -0.2) is 49.8 Å². The van der Waals surface area contributed by atoms with Gasteiger partial charge in [0, 0.05) is 45.6 Å². The fourth-order valence-corrected chi connectivity index (χ4v) is 3.82. The summed E-state index contributed by atoms with van der Waals surface area (Å²) in [5.41, 5.74) is 2.63. The van der Waals surface area contributed by atoms with E-state index in [1.165, 1.54) is 18.5 Å². The summed E-state index contributed by atoms with van der Waals surface area (Å²) >= 11 is 0. The van der Waals surface area contributed by atoms with Crippen LogP contribution in [0.15, 0.2) is 24.5 Å². The SMILES string of the molecule is Cc1cc(CN2CC[C@@]3(CCN3c3ncccn3)C2)n(C)n1. The molecule has 2 fully saturated rings. The standard InChI is InChI=1S/C16H22N6/c1-13-10-14(20(2)19-13)11-21-8-4-16(12-21)5-9-22(16)15-17-6-3-7-18-15/h3,6-7,10H,4-5,8-9,11-12H2,1-2H3/t16-/m1/s1. The average molecular weight is 298 g/mol. The zero-order valence-corrected chi connectivity index (χ0v) is 13.2. The Morgan fingerprint density at radius 3 is 2.59 bits per heavy atom. The molecule has 22 heavy (non-hydrogen) atoms. The van der Waals surface area contributed by atoms with Crippen molar-refractivity contribution < 1.29 is 0 Å². The zero-order chi connectivity index (χ0) is 15.2. The number of aromatic nitrogens is 4. The highest BCUT2D eigenvalue weighted by molar-refractivity contribution is 5.41. The van der Waals surface area contributed by atoms with Gasteiger partial charge in [-0.15, -0.1) is 0 Å². The molecule has 6 heteroatoms. The number of rotatable bonds is 3. The number of hydrogen-bond donors (Lipinski definition) is 0. The number of nitrogens with zero attached hydrogens (tertiary/aromatic N) is 6. The fraction of sp³-hybridized carbons (Fsp3) is 0.562. The van der Waals surface area contributed by atoms with Crippen molar-refractivity contribution in [2.24, 2.45) is 7.05 Å². The van der Waals surface area contributed by atoms with Crippen LogP contribution < -0.4 is 4.90 Å². The Morgan fingerprint density at radius 2 is 1.95 bits per heavy atom. The summed E-state index contributed by atoms with van der Waals surface area (Å²) < 4.78 is 2.00. The van der Waals surface area contributed by atoms with Gasteiger partial charge in [0.15, 0.2) is 0 Å². The number of likely N-dealkylation sites (tertiary alicyclic amines) is 1. The van der Waals surface area contributed by atoms with Crippen molar-refractivity contribution in [1.82, 2.24) is 24.6 Å². The second-order valence-electron chi connectivity index (χ2n) is 6.54. The molecule has 0 saturated carbocycles. The van der Waals surface area contributed by atoms with Crippen LogP contribution in [0.2, 0.25) is 0 Å². The van der Waals surface area contributed by atoms with Gasteiger partial charge in [-0.2, -0.15) is 5.10 Å². The Kier molecular flexibility index (Phi) is 3.14. The lowest BCUT2D eigenvalue weighted by atomic mass is 9.84. The second-order valence-corrected chi connectivity index (χ2v) is 6.54. The molecule has 6 nitrogen and oxygen atoms in total. The number of hydrogen-bond acceptors (Lipinski definition) is 5. The molecule has 0 unspecified atom stereocenters. The number of anilines is 1. The molecule has 4 rings (SSSR count). The minimum absolute atomic E-state index is 0.245. The average Bonchev–Trinajstić information content (AvgIpc) is 3.05. The monoisotopic (exact) mass is 298 g/mol. The summed E-state index contributed by atoms with van der Waals surface area (Å²) in [6.07, 6.45) is 6.10. The summed E-state index contributed by atoms with van der Waals surface area (Å²) in [6.45, 7) is 6.32. The third-order valence-electron chi connectivity index (χ3n) is 5.06. The Balaban J connectivity index is 1.47. The summed E-state index contributed by atoms with van der Waals surface area (Å²) in [4.78, 5) is 13.8. The van der Waals surface area contributed by atoms with E-state index >= 15 is 0 Å². The number of aryl methyl sites for hydroxylation is 2. The van der Waals surface area contributed by atoms with Crippen molar-refractivity contribution >= 4 is 5.95 Å². The molecule has 1 atom stereocenters. The van der Waals surface area contributed by atoms with Gasteiger partial charge < -0.3 is 4.90 Å². The van der Waals surface area contributed by atoms with Gasteiger partial charge in [-0.1, -0.05) is 0 Å². The van der Waals surface area contributed by atoms with Gasteiger partial charge in [0.05, 0.1) is 16.9 Å². The van der Waals surface area contributed by atoms with Crippen LogP contribution >= 0.6 is 0 Å². The van der Waals surface area contributed by atoms with Gasteiger partial charge in [-0.25, -0.2) is 9.97 Å².